The molecule has 0 aromatic heterocycles. The molecule has 0 fully saturated rings. The van der Waals surface area contributed by atoms with Crippen LogP contribution in [0.15, 0.2) is 46.2 Å². The lowest BCUT2D eigenvalue weighted by molar-refractivity contribution is 0.125. The van der Waals surface area contributed by atoms with E-state index in [-0.39, 0.29) is 43.7 Å². The molecule has 0 amide bonds. The Bertz CT molecular complexity index is 1090. The fourth-order valence-electron chi connectivity index (χ4n) is 2.65. The molecule has 1 unspecified atom stereocenters. The number of ether oxygens (including phenoxy) is 2. The van der Waals surface area contributed by atoms with Crippen molar-refractivity contribution in [3.63, 3.8) is 0 Å². The molecule has 0 bridgehead atoms. The van der Waals surface area contributed by atoms with Crippen LogP contribution in [0.5, 0.6) is 11.5 Å². The number of benzene rings is 2. The molecule has 11 heteroatoms. The van der Waals surface area contributed by atoms with Crippen molar-refractivity contribution in [2.24, 2.45) is 0 Å². The van der Waals surface area contributed by atoms with Gasteiger partial charge in [0.05, 0.1) is 32.2 Å². The highest BCUT2D eigenvalue weighted by Crippen LogP contribution is 2.37. The summed E-state index contributed by atoms with van der Waals surface area (Å²) in [5, 5.41) is 10.0. The van der Waals surface area contributed by atoms with E-state index in [1.807, 2.05) is 6.92 Å². The van der Waals surface area contributed by atoms with E-state index in [0.717, 1.165) is 12.8 Å². The third-order valence-corrected chi connectivity index (χ3v) is 8.57. The fourth-order valence-corrected chi connectivity index (χ4v) is 5.61. The zero-order valence-electron chi connectivity index (χ0n) is 17.8. The van der Waals surface area contributed by atoms with Gasteiger partial charge in [-0.1, -0.05) is 43.5 Å². The van der Waals surface area contributed by atoms with Gasteiger partial charge in [-0.15, -0.1) is 0 Å². The molecule has 1 N–H and O–H groups in total. The summed E-state index contributed by atoms with van der Waals surface area (Å²) >= 11 is 12.4. The second-order valence-corrected chi connectivity index (χ2v) is 12.2. The average molecular weight is 525 g/mol. The van der Waals surface area contributed by atoms with E-state index in [9.17, 15) is 21.9 Å². The minimum Gasteiger partial charge on any atom is -0.491 e. The molecule has 0 radical (unpaired) electrons. The van der Waals surface area contributed by atoms with Crippen LogP contribution in [0.2, 0.25) is 10.0 Å². The van der Waals surface area contributed by atoms with Crippen molar-refractivity contribution in [2.45, 2.75) is 42.6 Å². The summed E-state index contributed by atoms with van der Waals surface area (Å²) in [6.45, 7) is 3.69. The van der Waals surface area contributed by atoms with E-state index in [2.05, 4.69) is 0 Å². The van der Waals surface area contributed by atoms with Gasteiger partial charge in [-0.3, -0.25) is 0 Å². The number of aliphatic hydroxyl groups is 1. The minimum atomic E-state index is -3.91. The molecule has 178 valence electrons. The molecule has 0 heterocycles. The summed E-state index contributed by atoms with van der Waals surface area (Å²) in [6, 6.07) is 8.09. The lowest BCUT2D eigenvalue weighted by atomic mass is 10.3. The average Bonchev–Trinajstić information content (AvgIpc) is 2.74. The maximum absolute atomic E-state index is 13.0. The smallest absolute Gasteiger partial charge is 0.206 e. The third kappa shape index (κ3) is 7.25. The van der Waals surface area contributed by atoms with Gasteiger partial charge < -0.3 is 14.6 Å². The Morgan fingerprint density at radius 1 is 0.938 bits per heavy atom. The summed E-state index contributed by atoms with van der Waals surface area (Å²) in [5.41, 5.74) is 0. The molecule has 0 aliphatic rings. The van der Waals surface area contributed by atoms with E-state index >= 15 is 0 Å². The number of unbranched alkanes of at least 4 members (excludes halogenated alkanes) is 1. The summed E-state index contributed by atoms with van der Waals surface area (Å²) in [7, 11) is -7.25. The van der Waals surface area contributed by atoms with Crippen LogP contribution in [0.1, 0.15) is 26.7 Å². The first-order chi connectivity index (χ1) is 15.0. The maximum atomic E-state index is 13.0. The zero-order chi connectivity index (χ0) is 23.9. The van der Waals surface area contributed by atoms with Crippen LogP contribution in [0.4, 0.5) is 0 Å². The molecular weight excluding hydrogens is 499 g/mol. The Balaban J connectivity index is 2.13. The van der Waals surface area contributed by atoms with Gasteiger partial charge in [-0.05, 0) is 42.8 Å². The minimum absolute atomic E-state index is 0.00857. The largest absolute Gasteiger partial charge is 0.491 e. The Kier molecular flexibility index (Phi) is 9.66. The Hall–Kier alpha value is -1.52. The molecule has 2 aromatic carbocycles. The first-order valence-electron chi connectivity index (χ1n) is 9.98. The lowest BCUT2D eigenvalue weighted by Crippen LogP contribution is -2.27. The normalized spacial score (nSPS) is 13.0. The Labute approximate surface area is 199 Å². The molecule has 0 saturated carbocycles. The molecule has 0 aliphatic heterocycles. The highest BCUT2D eigenvalue weighted by molar-refractivity contribution is 7.91. The number of halogens is 2. The first kappa shape index (κ1) is 26.7. The van der Waals surface area contributed by atoms with Crippen molar-refractivity contribution in [1.29, 1.82) is 0 Å². The van der Waals surface area contributed by atoms with E-state index < -0.39 is 31.5 Å². The van der Waals surface area contributed by atoms with Crippen molar-refractivity contribution in [2.75, 3.05) is 24.7 Å². The SMILES string of the molecule is CCCCOc1c(Cl)cc(S(=O)(=O)c2ccc(OCC(O)CS(=O)(=O)CC)cc2)cc1Cl. The van der Waals surface area contributed by atoms with Gasteiger partial charge in [0.15, 0.2) is 15.6 Å². The topological polar surface area (TPSA) is 107 Å². The second kappa shape index (κ2) is 11.6. The number of hydrogen-bond donors (Lipinski definition) is 1. The van der Waals surface area contributed by atoms with Gasteiger partial charge in [0.2, 0.25) is 9.84 Å². The summed E-state index contributed by atoms with van der Waals surface area (Å²) < 4.78 is 59.9. The van der Waals surface area contributed by atoms with Crippen molar-refractivity contribution in [3.05, 3.63) is 46.4 Å². The highest BCUT2D eigenvalue weighted by atomic mass is 35.5. The second-order valence-electron chi connectivity index (χ2n) is 7.06. The fraction of sp³-hybridized carbons (Fsp3) is 0.429. The zero-order valence-corrected chi connectivity index (χ0v) is 20.9. The van der Waals surface area contributed by atoms with Gasteiger partial charge in [0.25, 0.3) is 0 Å². The van der Waals surface area contributed by atoms with E-state index in [1.54, 1.807) is 0 Å². The number of sulfone groups is 2. The van der Waals surface area contributed by atoms with Gasteiger partial charge in [0.1, 0.15) is 18.5 Å². The van der Waals surface area contributed by atoms with Gasteiger partial charge >= 0.3 is 0 Å². The molecule has 0 aliphatic carbocycles. The molecule has 0 spiro atoms. The van der Waals surface area contributed by atoms with E-state index in [1.165, 1.54) is 43.3 Å². The maximum Gasteiger partial charge on any atom is 0.206 e. The molecule has 7 nitrogen and oxygen atoms in total. The Morgan fingerprint density at radius 3 is 2.06 bits per heavy atom. The van der Waals surface area contributed by atoms with Crippen LogP contribution in [-0.2, 0) is 19.7 Å². The van der Waals surface area contributed by atoms with Crippen molar-refractivity contribution < 1.29 is 31.4 Å². The predicted molar refractivity (Wildman–Crippen MR) is 125 cm³/mol. The molecule has 2 aromatic rings. The van der Waals surface area contributed by atoms with E-state index in [4.69, 9.17) is 32.7 Å². The standard InChI is InChI=1S/C21H26Cl2O7S2/c1-3-5-10-29-21-19(22)11-18(12-20(21)23)32(27,28)17-8-6-16(7-9-17)30-13-15(24)14-31(25,26)4-2/h6-9,11-12,15,24H,3-5,10,13-14H2,1-2H3. The van der Waals surface area contributed by atoms with Crippen LogP contribution < -0.4 is 9.47 Å². The van der Waals surface area contributed by atoms with Crippen LogP contribution in [0, 0.1) is 0 Å². The van der Waals surface area contributed by atoms with Crippen molar-refractivity contribution in [3.8, 4) is 11.5 Å². The van der Waals surface area contributed by atoms with E-state index in [0.29, 0.717) is 6.61 Å². The van der Waals surface area contributed by atoms with Crippen molar-refractivity contribution in [1.82, 2.24) is 0 Å². The molecule has 0 saturated heterocycles. The quantitative estimate of drug-likeness (QED) is 0.415. The molecular formula is C21H26Cl2O7S2. The highest BCUT2D eigenvalue weighted by Gasteiger charge is 2.22. The number of hydrogen-bond acceptors (Lipinski definition) is 7. The van der Waals surface area contributed by atoms with Gasteiger partial charge in [-0.2, -0.15) is 0 Å². The number of rotatable bonds is 12. The molecule has 1 atom stereocenters. The summed E-state index contributed by atoms with van der Waals surface area (Å²) in [4.78, 5) is -0.0880. The summed E-state index contributed by atoms with van der Waals surface area (Å²) in [5.74, 6) is 0.0485. The molecule has 2 rings (SSSR count). The molecule has 32 heavy (non-hydrogen) atoms. The Morgan fingerprint density at radius 2 is 1.53 bits per heavy atom. The summed E-state index contributed by atoms with van der Waals surface area (Å²) in [6.07, 6.45) is 0.552. The van der Waals surface area contributed by atoms with Crippen molar-refractivity contribution >= 4 is 42.9 Å². The van der Waals surface area contributed by atoms with Crippen LogP contribution in [0.3, 0.4) is 0 Å². The van der Waals surface area contributed by atoms with Crippen LogP contribution in [-0.4, -0.2) is 52.8 Å². The predicted octanol–water partition coefficient (Wildman–Crippen LogP) is 4.18. The first-order valence-corrected chi connectivity index (χ1v) is 14.0. The monoisotopic (exact) mass is 524 g/mol. The van der Waals surface area contributed by atoms with Crippen LogP contribution >= 0.6 is 23.2 Å². The van der Waals surface area contributed by atoms with Gasteiger partial charge in [0, 0.05) is 5.75 Å². The van der Waals surface area contributed by atoms with Gasteiger partial charge in [-0.25, -0.2) is 16.8 Å². The number of aliphatic hydroxyl groups excluding tert-OH is 1. The van der Waals surface area contributed by atoms with Crippen LogP contribution in [0.25, 0.3) is 0 Å². The lowest BCUT2D eigenvalue weighted by Gasteiger charge is -2.13. The third-order valence-electron chi connectivity index (χ3n) is 4.49.